The van der Waals surface area contributed by atoms with Crippen molar-refractivity contribution >= 4 is 0 Å². The van der Waals surface area contributed by atoms with Crippen LogP contribution in [0.5, 0.6) is 0 Å². The molecule has 1 aliphatic rings. The van der Waals surface area contributed by atoms with Gasteiger partial charge in [-0.2, -0.15) is 0 Å². The molecule has 3 heteroatoms. The second-order valence-corrected chi connectivity index (χ2v) is 2.90. The largest absolute Gasteiger partial charge is 0.380 e. The minimum Gasteiger partial charge on any atom is -0.380 e. The molecule has 1 saturated heterocycles. The molecule has 0 atom stereocenters. The highest BCUT2D eigenvalue weighted by Crippen LogP contribution is 2.26. The first-order chi connectivity index (χ1) is 5.77. The summed E-state index contributed by atoms with van der Waals surface area (Å²) in [6.45, 7) is 1.09. The molecule has 64 valence electrons. The summed E-state index contributed by atoms with van der Waals surface area (Å²) < 4.78 is 30.4. The van der Waals surface area contributed by atoms with Crippen molar-refractivity contribution in [1.82, 2.24) is 0 Å². The van der Waals surface area contributed by atoms with Crippen molar-refractivity contribution in [1.29, 1.82) is 0 Å². The van der Waals surface area contributed by atoms with E-state index in [0.29, 0.717) is 18.8 Å². The van der Waals surface area contributed by atoms with E-state index in [0.717, 1.165) is 6.07 Å². The van der Waals surface area contributed by atoms with Crippen LogP contribution in [0.3, 0.4) is 0 Å². The third-order valence-corrected chi connectivity index (χ3v) is 2.04. The van der Waals surface area contributed by atoms with E-state index in [4.69, 9.17) is 4.74 Å². The van der Waals surface area contributed by atoms with Crippen LogP contribution < -0.4 is 0 Å². The van der Waals surface area contributed by atoms with Gasteiger partial charge in [-0.1, -0.05) is 6.07 Å². The van der Waals surface area contributed by atoms with E-state index in [1.54, 1.807) is 0 Å². The highest BCUT2D eigenvalue weighted by atomic mass is 19.1. The number of ether oxygens (including phenoxy) is 1. The molecule has 2 rings (SSSR count). The predicted molar refractivity (Wildman–Crippen MR) is 39.9 cm³/mol. The second-order valence-electron chi connectivity index (χ2n) is 2.90. The molecule has 1 aromatic carbocycles. The van der Waals surface area contributed by atoms with Gasteiger partial charge in [-0.15, -0.1) is 0 Å². The van der Waals surface area contributed by atoms with Gasteiger partial charge in [0, 0.05) is 12.0 Å². The van der Waals surface area contributed by atoms with Crippen LogP contribution in [0.25, 0.3) is 0 Å². The zero-order valence-electron chi connectivity index (χ0n) is 6.39. The van der Waals surface area contributed by atoms with Gasteiger partial charge in [0.25, 0.3) is 0 Å². The molecule has 12 heavy (non-hydrogen) atoms. The van der Waals surface area contributed by atoms with Crippen molar-refractivity contribution in [2.24, 2.45) is 0 Å². The summed E-state index contributed by atoms with van der Waals surface area (Å²) in [4.78, 5) is 0. The molecule has 0 unspecified atom stereocenters. The van der Waals surface area contributed by atoms with Crippen LogP contribution in [0.2, 0.25) is 0 Å². The van der Waals surface area contributed by atoms with E-state index >= 15 is 0 Å². The van der Waals surface area contributed by atoms with Crippen molar-refractivity contribution < 1.29 is 13.5 Å². The number of rotatable bonds is 1. The van der Waals surface area contributed by atoms with E-state index in [2.05, 4.69) is 0 Å². The number of hydrogen-bond acceptors (Lipinski definition) is 1. The molecule has 1 aliphatic heterocycles. The molecular formula is C9H8F2O. The van der Waals surface area contributed by atoms with Gasteiger partial charge in [0.1, 0.15) is 11.6 Å². The average molecular weight is 170 g/mol. The van der Waals surface area contributed by atoms with Crippen LogP contribution in [0.15, 0.2) is 18.2 Å². The Morgan fingerprint density at radius 3 is 2.50 bits per heavy atom. The Kier molecular flexibility index (Phi) is 1.81. The maximum absolute atomic E-state index is 13.0. The minimum absolute atomic E-state index is 0.116. The second kappa shape index (κ2) is 2.83. The SMILES string of the molecule is Fc1ccc(C2COC2)c(F)c1. The van der Waals surface area contributed by atoms with E-state index in [-0.39, 0.29) is 5.92 Å². The van der Waals surface area contributed by atoms with Crippen LogP contribution in [0.1, 0.15) is 11.5 Å². The molecule has 0 aliphatic carbocycles. The topological polar surface area (TPSA) is 9.23 Å². The Balaban J connectivity index is 2.31. The molecule has 1 nitrogen and oxygen atoms in total. The number of halogens is 2. The van der Waals surface area contributed by atoms with Crippen molar-refractivity contribution in [2.75, 3.05) is 13.2 Å². The van der Waals surface area contributed by atoms with Crippen LogP contribution >= 0.6 is 0 Å². The number of hydrogen-bond donors (Lipinski definition) is 0. The Labute approximate surface area is 69.0 Å². The molecule has 0 bridgehead atoms. The normalized spacial score (nSPS) is 17.5. The Morgan fingerprint density at radius 1 is 1.25 bits per heavy atom. The van der Waals surface area contributed by atoms with Crippen LogP contribution in [-0.4, -0.2) is 13.2 Å². The van der Waals surface area contributed by atoms with Gasteiger partial charge in [0.15, 0.2) is 0 Å². The summed E-state index contributed by atoms with van der Waals surface area (Å²) in [7, 11) is 0. The summed E-state index contributed by atoms with van der Waals surface area (Å²) >= 11 is 0. The van der Waals surface area contributed by atoms with Crippen LogP contribution in [0.4, 0.5) is 8.78 Å². The van der Waals surface area contributed by atoms with Gasteiger partial charge < -0.3 is 4.74 Å². The first-order valence-corrected chi connectivity index (χ1v) is 3.80. The fourth-order valence-corrected chi connectivity index (χ4v) is 1.25. The molecular weight excluding hydrogens is 162 g/mol. The van der Waals surface area contributed by atoms with Crippen LogP contribution in [0, 0.1) is 11.6 Å². The predicted octanol–water partition coefficient (Wildman–Crippen LogP) is 2.08. The Hall–Kier alpha value is -0.960. The highest BCUT2D eigenvalue weighted by molar-refractivity contribution is 5.24. The first kappa shape index (κ1) is 7.68. The number of benzene rings is 1. The minimum atomic E-state index is -0.531. The van der Waals surface area contributed by atoms with E-state index in [1.165, 1.54) is 12.1 Å². The summed E-state index contributed by atoms with van der Waals surface area (Å²) in [6, 6.07) is 3.67. The monoisotopic (exact) mass is 170 g/mol. The molecule has 1 aromatic rings. The molecule has 0 N–H and O–H groups in total. The average Bonchev–Trinajstić information content (AvgIpc) is 1.91. The van der Waals surface area contributed by atoms with Gasteiger partial charge in [0.05, 0.1) is 13.2 Å². The summed E-state index contributed by atoms with van der Waals surface area (Å²) in [6.07, 6.45) is 0. The summed E-state index contributed by atoms with van der Waals surface area (Å²) in [5.41, 5.74) is 0.558. The van der Waals surface area contributed by atoms with Crippen LogP contribution in [-0.2, 0) is 4.74 Å². The van der Waals surface area contributed by atoms with Crippen molar-refractivity contribution in [3.63, 3.8) is 0 Å². The lowest BCUT2D eigenvalue weighted by atomic mass is 9.97. The molecule has 0 radical (unpaired) electrons. The fourth-order valence-electron chi connectivity index (χ4n) is 1.25. The fraction of sp³-hybridized carbons (Fsp3) is 0.333. The van der Waals surface area contributed by atoms with Gasteiger partial charge >= 0.3 is 0 Å². The standard InChI is InChI=1S/C9H8F2O/c10-7-1-2-8(9(11)3-7)6-4-12-5-6/h1-3,6H,4-5H2. The highest BCUT2D eigenvalue weighted by Gasteiger charge is 2.23. The summed E-state index contributed by atoms with van der Waals surface area (Å²) in [5, 5.41) is 0. The van der Waals surface area contributed by atoms with Crippen molar-refractivity contribution in [3.05, 3.63) is 35.4 Å². The van der Waals surface area contributed by atoms with Gasteiger partial charge in [-0.05, 0) is 11.6 Å². The molecule has 0 aromatic heterocycles. The molecule has 0 amide bonds. The third kappa shape index (κ3) is 1.20. The lowest BCUT2D eigenvalue weighted by molar-refractivity contribution is 0.00699. The molecule has 1 fully saturated rings. The third-order valence-electron chi connectivity index (χ3n) is 2.04. The van der Waals surface area contributed by atoms with E-state index < -0.39 is 11.6 Å². The van der Waals surface area contributed by atoms with Gasteiger partial charge in [0.2, 0.25) is 0 Å². The smallest absolute Gasteiger partial charge is 0.129 e. The van der Waals surface area contributed by atoms with Gasteiger partial charge in [-0.25, -0.2) is 8.78 Å². The lowest BCUT2D eigenvalue weighted by Crippen LogP contribution is -2.25. The quantitative estimate of drug-likeness (QED) is 0.627. The van der Waals surface area contributed by atoms with Crippen molar-refractivity contribution in [2.45, 2.75) is 5.92 Å². The van der Waals surface area contributed by atoms with E-state index in [9.17, 15) is 8.78 Å². The first-order valence-electron chi connectivity index (χ1n) is 3.80. The van der Waals surface area contributed by atoms with E-state index in [1.807, 2.05) is 0 Å². The zero-order valence-corrected chi connectivity index (χ0v) is 6.39. The van der Waals surface area contributed by atoms with Gasteiger partial charge in [-0.3, -0.25) is 0 Å². The maximum Gasteiger partial charge on any atom is 0.129 e. The molecule has 0 spiro atoms. The molecule has 1 heterocycles. The Morgan fingerprint density at radius 2 is 2.00 bits per heavy atom. The zero-order chi connectivity index (χ0) is 8.55. The lowest BCUT2D eigenvalue weighted by Gasteiger charge is -2.26. The summed E-state index contributed by atoms with van der Waals surface area (Å²) in [5.74, 6) is -0.884. The molecule has 0 saturated carbocycles. The van der Waals surface area contributed by atoms with Crippen molar-refractivity contribution in [3.8, 4) is 0 Å². The Bertz CT molecular complexity index is 295. The maximum atomic E-state index is 13.0.